The number of nitrogens with two attached hydrogens (primary N) is 1. The maximum absolute atomic E-state index is 11.7. The Bertz CT molecular complexity index is 565. The summed E-state index contributed by atoms with van der Waals surface area (Å²) in [5, 5.41) is 8.45. The van der Waals surface area contributed by atoms with Gasteiger partial charge in [-0.05, 0) is 11.6 Å². The lowest BCUT2D eigenvalue weighted by atomic mass is 10.1. The molecule has 0 bridgehead atoms. The number of carboxylic acid groups (broad SMARTS) is 1. The third kappa shape index (κ3) is 4.17. The van der Waals surface area contributed by atoms with Gasteiger partial charge in [0.25, 0.3) is 0 Å². The summed E-state index contributed by atoms with van der Waals surface area (Å²) in [7, 11) is -3.57. The summed E-state index contributed by atoms with van der Waals surface area (Å²) in [5.74, 6) is -2.74. The molecule has 0 radical (unpaired) electrons. The molecule has 0 unspecified atom stereocenters. The summed E-state index contributed by atoms with van der Waals surface area (Å²) < 4.78 is 23.3. The van der Waals surface area contributed by atoms with E-state index in [1.54, 1.807) is 12.1 Å². The van der Waals surface area contributed by atoms with E-state index in [4.69, 9.17) is 10.8 Å². The number of amides is 1. The maximum Gasteiger partial charge on any atom is 0.304 e. The number of hydrogen-bond donors (Lipinski definition) is 2. The molecule has 0 saturated heterocycles. The van der Waals surface area contributed by atoms with Gasteiger partial charge >= 0.3 is 5.97 Å². The molecule has 1 aromatic carbocycles. The van der Waals surface area contributed by atoms with Crippen LogP contribution >= 0.6 is 0 Å². The number of rotatable bonds is 6. The molecule has 6 nitrogen and oxygen atoms in total. The molecule has 18 heavy (non-hydrogen) atoms. The van der Waals surface area contributed by atoms with Crippen molar-refractivity contribution >= 4 is 21.7 Å². The number of primary amides is 1. The van der Waals surface area contributed by atoms with Crippen molar-refractivity contribution in [2.45, 2.75) is 12.2 Å². The van der Waals surface area contributed by atoms with Crippen molar-refractivity contribution in [3.05, 3.63) is 35.4 Å². The lowest BCUT2D eigenvalue weighted by molar-refractivity contribution is -0.136. The number of carboxylic acids is 1. The minimum Gasteiger partial charge on any atom is -0.481 e. The number of carbonyl (C=O) groups is 2. The largest absolute Gasteiger partial charge is 0.481 e. The third-order valence-corrected chi connectivity index (χ3v) is 3.86. The second-order valence-corrected chi connectivity index (χ2v) is 5.94. The van der Waals surface area contributed by atoms with Gasteiger partial charge < -0.3 is 10.8 Å². The minimum absolute atomic E-state index is 0.136. The molecule has 0 fully saturated rings. The van der Waals surface area contributed by atoms with E-state index in [9.17, 15) is 18.0 Å². The van der Waals surface area contributed by atoms with Crippen LogP contribution in [0.25, 0.3) is 0 Å². The smallest absolute Gasteiger partial charge is 0.304 e. The van der Waals surface area contributed by atoms with Crippen LogP contribution in [0.5, 0.6) is 0 Å². The van der Waals surface area contributed by atoms with Crippen LogP contribution in [-0.2, 0) is 20.4 Å². The van der Waals surface area contributed by atoms with Crippen molar-refractivity contribution in [2.24, 2.45) is 5.73 Å². The van der Waals surface area contributed by atoms with Gasteiger partial charge in [-0.3, -0.25) is 9.59 Å². The molecule has 1 rings (SSSR count). The van der Waals surface area contributed by atoms with E-state index in [1.165, 1.54) is 12.1 Å². The Balaban J connectivity index is 2.90. The molecular weight excluding hydrogens is 258 g/mol. The normalized spacial score (nSPS) is 11.1. The molecule has 0 aliphatic carbocycles. The van der Waals surface area contributed by atoms with Gasteiger partial charge in [0.2, 0.25) is 5.91 Å². The number of carbonyl (C=O) groups excluding carboxylic acids is 1. The van der Waals surface area contributed by atoms with Crippen LogP contribution < -0.4 is 5.73 Å². The first-order valence-electron chi connectivity index (χ1n) is 5.12. The maximum atomic E-state index is 11.7. The molecule has 7 heteroatoms. The van der Waals surface area contributed by atoms with Crippen LogP contribution in [-0.4, -0.2) is 31.2 Å². The summed E-state index contributed by atoms with van der Waals surface area (Å²) in [4.78, 5) is 21.4. The van der Waals surface area contributed by atoms with Crippen LogP contribution in [0, 0.1) is 0 Å². The quantitative estimate of drug-likeness (QED) is 0.765. The average Bonchev–Trinajstić information content (AvgIpc) is 2.26. The molecular formula is C11H13NO5S. The number of hydrogen-bond acceptors (Lipinski definition) is 4. The van der Waals surface area contributed by atoms with Crippen molar-refractivity contribution in [1.82, 2.24) is 0 Å². The van der Waals surface area contributed by atoms with Gasteiger partial charge in [0.15, 0.2) is 9.84 Å². The van der Waals surface area contributed by atoms with Gasteiger partial charge in [-0.1, -0.05) is 18.2 Å². The van der Waals surface area contributed by atoms with Crippen molar-refractivity contribution in [3.8, 4) is 0 Å². The van der Waals surface area contributed by atoms with Crippen LogP contribution in [0.4, 0.5) is 0 Å². The lowest BCUT2D eigenvalue weighted by Crippen LogP contribution is -2.18. The molecule has 98 valence electrons. The van der Waals surface area contributed by atoms with Crippen LogP contribution in [0.3, 0.4) is 0 Å². The molecule has 0 saturated carbocycles. The van der Waals surface area contributed by atoms with Gasteiger partial charge in [0.05, 0.1) is 17.9 Å². The molecule has 0 atom stereocenters. The topological polar surface area (TPSA) is 115 Å². The molecule has 0 heterocycles. The highest BCUT2D eigenvalue weighted by Gasteiger charge is 2.17. The average molecular weight is 271 g/mol. The molecule has 0 aliphatic rings. The number of benzene rings is 1. The highest BCUT2D eigenvalue weighted by Crippen LogP contribution is 2.13. The standard InChI is InChI=1S/C11H13NO5S/c12-11(15)9-4-2-1-3-8(9)7-18(16,17)6-5-10(13)14/h1-4H,5-7H2,(H2,12,15)(H,13,14). The van der Waals surface area contributed by atoms with Crippen molar-refractivity contribution < 1.29 is 23.1 Å². The molecule has 0 aliphatic heterocycles. The fourth-order valence-electron chi connectivity index (χ4n) is 1.44. The van der Waals surface area contributed by atoms with E-state index in [0.29, 0.717) is 0 Å². The van der Waals surface area contributed by atoms with Crippen molar-refractivity contribution in [1.29, 1.82) is 0 Å². The SMILES string of the molecule is NC(=O)c1ccccc1CS(=O)(=O)CCC(=O)O. The van der Waals surface area contributed by atoms with Gasteiger partial charge in [-0.25, -0.2) is 8.42 Å². The monoisotopic (exact) mass is 271 g/mol. The zero-order valence-corrected chi connectivity index (χ0v) is 10.3. The van der Waals surface area contributed by atoms with Crippen LogP contribution in [0.2, 0.25) is 0 Å². The second kappa shape index (κ2) is 5.63. The molecule has 0 spiro atoms. The van der Waals surface area contributed by atoms with Gasteiger partial charge in [0, 0.05) is 5.56 Å². The Kier molecular flexibility index (Phi) is 4.43. The molecule has 0 aromatic heterocycles. The third-order valence-electron chi connectivity index (χ3n) is 2.29. The second-order valence-electron chi connectivity index (χ2n) is 3.76. The summed E-state index contributed by atoms with van der Waals surface area (Å²) in [5.41, 5.74) is 5.55. The van der Waals surface area contributed by atoms with Gasteiger partial charge in [-0.15, -0.1) is 0 Å². The number of aliphatic carboxylic acids is 1. The zero-order chi connectivity index (χ0) is 13.8. The summed E-state index contributed by atoms with van der Waals surface area (Å²) in [6, 6.07) is 6.09. The van der Waals surface area contributed by atoms with Gasteiger partial charge in [-0.2, -0.15) is 0 Å². The fourth-order valence-corrected chi connectivity index (χ4v) is 2.79. The Morgan fingerprint density at radius 1 is 1.22 bits per heavy atom. The predicted octanol–water partition coefficient (Wildman–Crippen LogP) is 0.175. The van der Waals surface area contributed by atoms with Crippen LogP contribution in [0.15, 0.2) is 24.3 Å². The highest BCUT2D eigenvalue weighted by atomic mass is 32.2. The predicted molar refractivity (Wildman–Crippen MR) is 64.7 cm³/mol. The fraction of sp³-hybridized carbons (Fsp3) is 0.273. The molecule has 1 amide bonds. The van der Waals surface area contributed by atoms with Crippen molar-refractivity contribution in [2.75, 3.05) is 5.75 Å². The Morgan fingerprint density at radius 3 is 2.39 bits per heavy atom. The van der Waals surface area contributed by atoms with Crippen molar-refractivity contribution in [3.63, 3.8) is 0 Å². The zero-order valence-electron chi connectivity index (χ0n) is 9.50. The minimum atomic E-state index is -3.57. The highest BCUT2D eigenvalue weighted by molar-refractivity contribution is 7.90. The first kappa shape index (κ1) is 14.2. The van der Waals surface area contributed by atoms with E-state index < -0.39 is 33.9 Å². The Labute approximate surface area is 104 Å². The lowest BCUT2D eigenvalue weighted by Gasteiger charge is -2.06. The summed E-state index contributed by atoms with van der Waals surface area (Å²) in [6.07, 6.45) is -0.457. The van der Waals surface area contributed by atoms with Gasteiger partial charge in [0.1, 0.15) is 0 Å². The summed E-state index contributed by atoms with van der Waals surface area (Å²) >= 11 is 0. The first-order valence-corrected chi connectivity index (χ1v) is 6.94. The Hall–Kier alpha value is -1.89. The molecule has 3 N–H and O–H groups in total. The molecule has 1 aromatic rings. The first-order chi connectivity index (χ1) is 8.32. The number of sulfone groups is 1. The van der Waals surface area contributed by atoms with E-state index in [-0.39, 0.29) is 16.9 Å². The van der Waals surface area contributed by atoms with E-state index in [2.05, 4.69) is 0 Å². The summed E-state index contributed by atoms with van der Waals surface area (Å²) in [6.45, 7) is 0. The van der Waals surface area contributed by atoms with Crippen LogP contribution in [0.1, 0.15) is 22.3 Å². The van der Waals surface area contributed by atoms with E-state index in [1.807, 2.05) is 0 Å². The Morgan fingerprint density at radius 2 is 1.83 bits per heavy atom. The van der Waals surface area contributed by atoms with E-state index in [0.717, 1.165) is 0 Å². The van der Waals surface area contributed by atoms with E-state index >= 15 is 0 Å².